The van der Waals surface area contributed by atoms with Crippen molar-refractivity contribution in [3.05, 3.63) is 65.7 Å². The lowest BCUT2D eigenvalue weighted by Gasteiger charge is -2.11. The number of hydrogen-bond acceptors (Lipinski definition) is 6. The van der Waals surface area contributed by atoms with Gasteiger partial charge in [-0.15, -0.1) is 0 Å². The van der Waals surface area contributed by atoms with Gasteiger partial charge in [-0.2, -0.15) is 26.3 Å². The lowest BCUT2D eigenvalue weighted by Crippen LogP contribution is -2.08. The van der Waals surface area contributed by atoms with Gasteiger partial charge in [0.1, 0.15) is 0 Å². The average Bonchev–Trinajstić information content (AvgIpc) is 2.65. The molecular weight excluding hydrogens is 522 g/mol. The molecule has 176 valence electrons. The summed E-state index contributed by atoms with van der Waals surface area (Å²) in [5.41, 5.74) is -3.17. The molecule has 0 N–H and O–H groups in total. The quantitative estimate of drug-likeness (QED) is 0.258. The van der Waals surface area contributed by atoms with Crippen LogP contribution in [-0.4, -0.2) is 24.1 Å². The molecule has 0 heterocycles. The number of hydrogen-bond donors (Lipinski definition) is 0. The van der Waals surface area contributed by atoms with Crippen molar-refractivity contribution in [2.75, 3.05) is 14.2 Å². The van der Waals surface area contributed by atoms with E-state index in [-0.39, 0.29) is 5.56 Å². The van der Waals surface area contributed by atoms with E-state index in [0.717, 1.165) is 33.3 Å². The zero-order valence-corrected chi connectivity index (χ0v) is 17.9. The van der Waals surface area contributed by atoms with Crippen LogP contribution in [0.3, 0.4) is 0 Å². The second kappa shape index (κ2) is 10.0. The molecule has 0 aromatic heterocycles. The number of halogens is 7. The number of aryl methyl sites for hydroxylation is 1. The molecule has 0 saturated heterocycles. The second-order valence-electron chi connectivity index (χ2n) is 5.85. The Morgan fingerprint density at radius 1 is 0.781 bits per heavy atom. The number of benzene rings is 2. The fourth-order valence-corrected chi connectivity index (χ4v) is 2.91. The predicted molar refractivity (Wildman–Crippen MR) is 102 cm³/mol. The van der Waals surface area contributed by atoms with Crippen LogP contribution in [-0.2, 0) is 12.4 Å². The summed E-state index contributed by atoms with van der Waals surface area (Å²) in [5, 5.41) is 21.1. The van der Waals surface area contributed by atoms with E-state index in [1.807, 2.05) is 0 Å². The van der Waals surface area contributed by atoms with Gasteiger partial charge < -0.3 is 9.47 Å². The second-order valence-corrected chi connectivity index (χ2v) is 6.71. The number of alkyl halides is 6. The Hall–Kier alpha value is -3.10. The smallest absolute Gasteiger partial charge is 0.417 e. The van der Waals surface area contributed by atoms with Crippen molar-refractivity contribution in [2.45, 2.75) is 19.3 Å². The van der Waals surface area contributed by atoms with Gasteiger partial charge in [-0.05, 0) is 34.5 Å². The molecule has 2 aromatic rings. The number of nitro benzene ring substituents is 2. The maximum absolute atomic E-state index is 12.5. The van der Waals surface area contributed by atoms with Crippen molar-refractivity contribution in [1.29, 1.82) is 0 Å². The lowest BCUT2D eigenvalue weighted by molar-refractivity contribution is -0.386. The monoisotopic (exact) mass is 534 g/mol. The molecule has 32 heavy (non-hydrogen) atoms. The third-order valence-electron chi connectivity index (χ3n) is 3.80. The van der Waals surface area contributed by atoms with Gasteiger partial charge in [0.2, 0.25) is 0 Å². The highest BCUT2D eigenvalue weighted by molar-refractivity contribution is 9.10. The van der Waals surface area contributed by atoms with Crippen LogP contribution in [0.2, 0.25) is 0 Å². The molecule has 0 saturated carbocycles. The molecule has 0 atom stereocenters. The Labute approximate surface area is 184 Å². The maximum Gasteiger partial charge on any atom is 0.417 e. The van der Waals surface area contributed by atoms with E-state index in [0.29, 0.717) is 12.1 Å². The fourth-order valence-electron chi connectivity index (χ4n) is 2.35. The van der Waals surface area contributed by atoms with Gasteiger partial charge in [0.05, 0.1) is 35.2 Å². The third-order valence-corrected chi connectivity index (χ3v) is 4.45. The van der Waals surface area contributed by atoms with Crippen LogP contribution >= 0.6 is 15.9 Å². The maximum atomic E-state index is 12.5. The largest absolute Gasteiger partial charge is 0.490 e. The molecule has 2 aromatic carbocycles. The standard InChI is InChI=1S/C9H8F3NO3.C8H5BrF3NO3/c1-5-3-7(13(14)15)8(16-2)4-6(5)9(10,11)12;1-16-7-2-4(8(10,11)12)5(9)3-6(7)13(14)15/h3-4H,1-2H3;2-3H,1H3. The van der Waals surface area contributed by atoms with E-state index in [1.165, 1.54) is 0 Å². The highest BCUT2D eigenvalue weighted by Crippen LogP contribution is 2.41. The first-order valence-electron chi connectivity index (χ1n) is 8.03. The number of ether oxygens (including phenoxy) is 2. The highest BCUT2D eigenvalue weighted by atomic mass is 79.9. The summed E-state index contributed by atoms with van der Waals surface area (Å²) in [6.07, 6.45) is -9.15. The molecule has 0 aliphatic rings. The molecular formula is C17H13BrF6N2O6. The molecule has 0 aliphatic carbocycles. The van der Waals surface area contributed by atoms with Gasteiger partial charge in [0.15, 0.2) is 11.5 Å². The van der Waals surface area contributed by atoms with E-state index in [1.54, 1.807) is 0 Å². The van der Waals surface area contributed by atoms with Crippen molar-refractivity contribution >= 4 is 27.3 Å². The van der Waals surface area contributed by atoms with Crippen molar-refractivity contribution < 1.29 is 45.7 Å². The molecule has 0 bridgehead atoms. The third kappa shape index (κ3) is 6.45. The van der Waals surface area contributed by atoms with Gasteiger partial charge in [0, 0.05) is 22.7 Å². The van der Waals surface area contributed by atoms with Crippen LogP contribution in [0.5, 0.6) is 11.5 Å². The molecule has 15 heteroatoms. The summed E-state index contributed by atoms with van der Waals surface area (Å²) in [6, 6.07) is 2.83. The van der Waals surface area contributed by atoms with Crippen molar-refractivity contribution in [2.24, 2.45) is 0 Å². The normalized spacial score (nSPS) is 11.3. The summed E-state index contributed by atoms with van der Waals surface area (Å²) in [6.45, 7) is 1.16. The van der Waals surface area contributed by atoms with Crippen LogP contribution in [0, 0.1) is 27.2 Å². The minimum atomic E-state index is -4.60. The van der Waals surface area contributed by atoms with Gasteiger partial charge in [-0.25, -0.2) is 0 Å². The van der Waals surface area contributed by atoms with Crippen molar-refractivity contribution in [3.8, 4) is 11.5 Å². The molecule has 0 spiro atoms. The summed E-state index contributed by atoms with van der Waals surface area (Å²) in [4.78, 5) is 19.5. The van der Waals surface area contributed by atoms with Crippen LogP contribution in [0.15, 0.2) is 28.7 Å². The van der Waals surface area contributed by atoms with Crippen molar-refractivity contribution in [3.63, 3.8) is 0 Å². The fraction of sp³-hybridized carbons (Fsp3) is 0.294. The van der Waals surface area contributed by atoms with Crippen molar-refractivity contribution in [1.82, 2.24) is 0 Å². The van der Waals surface area contributed by atoms with E-state index in [9.17, 15) is 46.6 Å². The van der Waals surface area contributed by atoms with Crippen LogP contribution in [0.25, 0.3) is 0 Å². The molecule has 0 unspecified atom stereocenters. The number of methoxy groups -OCH3 is 2. The number of rotatable bonds is 4. The number of nitrogens with zero attached hydrogens (tertiary/aromatic N) is 2. The molecule has 0 aliphatic heterocycles. The van der Waals surface area contributed by atoms with Gasteiger partial charge in [0.25, 0.3) is 0 Å². The zero-order chi connectivity index (χ0) is 25.0. The minimum Gasteiger partial charge on any atom is -0.490 e. The number of nitro groups is 2. The molecule has 2 rings (SSSR count). The molecule has 0 fully saturated rings. The van der Waals surface area contributed by atoms with Crippen LogP contribution < -0.4 is 9.47 Å². The lowest BCUT2D eigenvalue weighted by atomic mass is 10.1. The van der Waals surface area contributed by atoms with E-state index in [4.69, 9.17) is 0 Å². The molecule has 0 radical (unpaired) electrons. The topological polar surface area (TPSA) is 105 Å². The minimum absolute atomic E-state index is 0.208. The SMILES string of the molecule is COc1cc(C(F)(F)F)c(Br)cc1[N+](=O)[O-].COc1cc(C(F)(F)F)c(C)cc1[N+](=O)[O-]. The first kappa shape index (κ1) is 26.9. The Balaban J connectivity index is 0.000000320. The van der Waals surface area contributed by atoms with E-state index < -0.39 is 60.7 Å². The van der Waals surface area contributed by atoms with E-state index in [2.05, 4.69) is 25.4 Å². The Kier molecular flexibility index (Phi) is 8.43. The first-order chi connectivity index (χ1) is 14.5. The Bertz CT molecular complexity index is 945. The highest BCUT2D eigenvalue weighted by Gasteiger charge is 2.36. The summed E-state index contributed by atoms with van der Waals surface area (Å²) in [7, 11) is 2.15. The van der Waals surface area contributed by atoms with Crippen LogP contribution in [0.4, 0.5) is 37.7 Å². The van der Waals surface area contributed by atoms with Gasteiger partial charge in [-0.1, -0.05) is 0 Å². The van der Waals surface area contributed by atoms with Crippen LogP contribution in [0.1, 0.15) is 16.7 Å². The average molecular weight is 535 g/mol. The van der Waals surface area contributed by atoms with Gasteiger partial charge >= 0.3 is 23.7 Å². The molecule has 0 amide bonds. The van der Waals surface area contributed by atoms with E-state index >= 15 is 0 Å². The Morgan fingerprint density at radius 2 is 1.16 bits per heavy atom. The Morgan fingerprint density at radius 3 is 1.50 bits per heavy atom. The summed E-state index contributed by atoms with van der Waals surface area (Å²) >= 11 is 2.63. The van der Waals surface area contributed by atoms with Gasteiger partial charge in [-0.3, -0.25) is 20.2 Å². The molecule has 8 nitrogen and oxygen atoms in total. The predicted octanol–water partition coefficient (Wildman–Crippen LogP) is 6.32. The summed E-state index contributed by atoms with van der Waals surface area (Å²) in [5.74, 6) is -0.830. The summed E-state index contributed by atoms with van der Waals surface area (Å²) < 4.78 is 83.4. The zero-order valence-electron chi connectivity index (χ0n) is 16.3. The first-order valence-corrected chi connectivity index (χ1v) is 8.83.